The summed E-state index contributed by atoms with van der Waals surface area (Å²) in [7, 11) is -2.92. The van der Waals surface area contributed by atoms with Gasteiger partial charge in [-0.1, -0.05) is 0 Å². The molecule has 0 aliphatic carbocycles. The lowest BCUT2D eigenvalue weighted by molar-refractivity contribution is 0.228. The van der Waals surface area contributed by atoms with E-state index in [2.05, 4.69) is 15.2 Å². The van der Waals surface area contributed by atoms with Crippen LogP contribution in [0.5, 0.6) is 5.75 Å². The van der Waals surface area contributed by atoms with Gasteiger partial charge in [-0.05, 0) is 19.4 Å². The van der Waals surface area contributed by atoms with Crippen molar-refractivity contribution >= 4 is 15.5 Å². The van der Waals surface area contributed by atoms with Crippen LogP contribution in [0.2, 0.25) is 0 Å². The van der Waals surface area contributed by atoms with Crippen LogP contribution in [0.4, 0.5) is 5.69 Å². The second kappa shape index (κ2) is 6.19. The van der Waals surface area contributed by atoms with E-state index in [0.29, 0.717) is 12.2 Å². The monoisotopic (exact) mass is 311 g/mol. The van der Waals surface area contributed by atoms with Gasteiger partial charge in [-0.2, -0.15) is 0 Å². The predicted octanol–water partition coefficient (Wildman–Crippen LogP) is 0.447. The molecule has 2 fully saturated rings. The molecule has 0 saturated carbocycles. The molecular weight excluding hydrogens is 290 g/mol. The van der Waals surface area contributed by atoms with Gasteiger partial charge in [0.15, 0.2) is 9.84 Å². The summed E-state index contributed by atoms with van der Waals surface area (Å²) >= 11 is 0. The molecule has 1 unspecified atom stereocenters. The molecule has 0 bridgehead atoms. The molecule has 1 aromatic rings. The first-order chi connectivity index (χ1) is 10.1. The van der Waals surface area contributed by atoms with E-state index < -0.39 is 9.84 Å². The molecule has 0 amide bonds. The molecule has 1 aromatic heterocycles. The number of hydrogen-bond acceptors (Lipinski definition) is 6. The van der Waals surface area contributed by atoms with Crippen molar-refractivity contribution in [2.75, 3.05) is 42.6 Å². The third-order valence-electron chi connectivity index (χ3n) is 3.90. The molecule has 2 aliphatic rings. The summed E-state index contributed by atoms with van der Waals surface area (Å²) in [5.74, 6) is 1.000. The number of aromatic nitrogens is 1. The van der Waals surface area contributed by atoms with E-state index in [1.807, 2.05) is 12.3 Å². The third-order valence-corrected chi connectivity index (χ3v) is 5.63. The van der Waals surface area contributed by atoms with Gasteiger partial charge >= 0.3 is 0 Å². The number of nitrogens with zero attached hydrogens (tertiary/aromatic N) is 2. The number of sulfone groups is 1. The second-order valence-electron chi connectivity index (χ2n) is 5.61. The SMILES string of the molecule is O=S1(=O)CCC(Oc2cncc(N3CCCNCC3)c2)C1. The van der Waals surface area contributed by atoms with E-state index in [0.717, 1.165) is 38.3 Å². The Balaban J connectivity index is 1.68. The van der Waals surface area contributed by atoms with E-state index in [1.165, 1.54) is 0 Å². The van der Waals surface area contributed by atoms with Crippen molar-refractivity contribution in [2.24, 2.45) is 0 Å². The molecule has 21 heavy (non-hydrogen) atoms. The van der Waals surface area contributed by atoms with Gasteiger partial charge in [0.2, 0.25) is 0 Å². The largest absolute Gasteiger partial charge is 0.488 e. The van der Waals surface area contributed by atoms with E-state index >= 15 is 0 Å². The third kappa shape index (κ3) is 3.85. The quantitative estimate of drug-likeness (QED) is 0.874. The maximum atomic E-state index is 11.5. The minimum atomic E-state index is -2.92. The first-order valence-corrected chi connectivity index (χ1v) is 9.22. The summed E-state index contributed by atoms with van der Waals surface area (Å²) in [6, 6.07) is 1.96. The molecule has 2 aliphatic heterocycles. The zero-order valence-corrected chi connectivity index (χ0v) is 12.8. The van der Waals surface area contributed by atoms with Crippen molar-refractivity contribution in [2.45, 2.75) is 18.9 Å². The molecule has 3 rings (SSSR count). The fraction of sp³-hybridized carbons (Fsp3) is 0.643. The molecule has 3 heterocycles. The highest BCUT2D eigenvalue weighted by atomic mass is 32.2. The van der Waals surface area contributed by atoms with Crippen LogP contribution in [-0.2, 0) is 9.84 Å². The Hall–Kier alpha value is -1.34. The van der Waals surface area contributed by atoms with Crippen LogP contribution < -0.4 is 15.0 Å². The summed E-state index contributed by atoms with van der Waals surface area (Å²) in [5, 5.41) is 3.37. The topological polar surface area (TPSA) is 71.5 Å². The smallest absolute Gasteiger partial charge is 0.154 e. The minimum Gasteiger partial charge on any atom is -0.488 e. The molecule has 7 heteroatoms. The van der Waals surface area contributed by atoms with Gasteiger partial charge in [0, 0.05) is 25.7 Å². The zero-order valence-electron chi connectivity index (χ0n) is 12.0. The Kier molecular flexibility index (Phi) is 4.30. The summed E-state index contributed by atoms with van der Waals surface area (Å²) in [6.07, 6.45) is 4.93. The van der Waals surface area contributed by atoms with Gasteiger partial charge in [-0.25, -0.2) is 8.42 Å². The van der Waals surface area contributed by atoms with Crippen LogP contribution in [0, 0.1) is 0 Å². The second-order valence-corrected chi connectivity index (χ2v) is 7.84. The molecule has 1 atom stereocenters. The number of nitrogens with one attached hydrogen (secondary N) is 1. The van der Waals surface area contributed by atoms with E-state index in [-0.39, 0.29) is 17.6 Å². The van der Waals surface area contributed by atoms with Crippen LogP contribution in [-0.4, -0.2) is 57.2 Å². The Morgan fingerprint density at radius 2 is 2.19 bits per heavy atom. The Morgan fingerprint density at radius 3 is 3.00 bits per heavy atom. The average molecular weight is 311 g/mol. The Morgan fingerprint density at radius 1 is 1.29 bits per heavy atom. The van der Waals surface area contributed by atoms with Crippen molar-refractivity contribution in [3.8, 4) is 5.75 Å². The number of pyridine rings is 1. The molecular formula is C14H21N3O3S. The average Bonchev–Trinajstić information content (AvgIpc) is 2.69. The first kappa shape index (κ1) is 14.6. The number of anilines is 1. The van der Waals surface area contributed by atoms with Crippen LogP contribution in [0.1, 0.15) is 12.8 Å². The first-order valence-electron chi connectivity index (χ1n) is 7.40. The summed E-state index contributed by atoms with van der Waals surface area (Å²) in [4.78, 5) is 6.52. The Bertz CT molecular complexity index is 583. The van der Waals surface area contributed by atoms with Gasteiger partial charge in [-0.15, -0.1) is 0 Å². The summed E-state index contributed by atoms with van der Waals surface area (Å²) in [6.45, 7) is 3.95. The number of rotatable bonds is 3. The lowest BCUT2D eigenvalue weighted by Gasteiger charge is -2.22. The van der Waals surface area contributed by atoms with E-state index in [4.69, 9.17) is 4.74 Å². The van der Waals surface area contributed by atoms with Crippen molar-refractivity contribution in [3.63, 3.8) is 0 Å². The van der Waals surface area contributed by atoms with Crippen LogP contribution in [0.3, 0.4) is 0 Å². The van der Waals surface area contributed by atoms with Gasteiger partial charge < -0.3 is 15.0 Å². The summed E-state index contributed by atoms with van der Waals surface area (Å²) < 4.78 is 28.7. The number of ether oxygens (including phenoxy) is 1. The maximum absolute atomic E-state index is 11.5. The number of hydrogen-bond donors (Lipinski definition) is 1. The lowest BCUT2D eigenvalue weighted by atomic mass is 10.3. The fourth-order valence-corrected chi connectivity index (χ4v) is 4.38. The highest BCUT2D eigenvalue weighted by Crippen LogP contribution is 2.23. The maximum Gasteiger partial charge on any atom is 0.154 e. The molecule has 0 aromatic carbocycles. The minimum absolute atomic E-state index is 0.116. The molecule has 1 N–H and O–H groups in total. The van der Waals surface area contributed by atoms with Gasteiger partial charge in [0.1, 0.15) is 11.9 Å². The summed E-state index contributed by atoms with van der Waals surface area (Å²) in [5.41, 5.74) is 1.04. The van der Waals surface area contributed by atoms with Gasteiger partial charge in [0.25, 0.3) is 0 Å². The van der Waals surface area contributed by atoms with E-state index in [9.17, 15) is 8.42 Å². The Labute approximate surface area is 125 Å². The molecule has 0 spiro atoms. The van der Waals surface area contributed by atoms with Crippen LogP contribution in [0.15, 0.2) is 18.5 Å². The van der Waals surface area contributed by atoms with Crippen molar-refractivity contribution in [1.29, 1.82) is 0 Å². The molecule has 2 saturated heterocycles. The van der Waals surface area contributed by atoms with Crippen LogP contribution >= 0.6 is 0 Å². The highest BCUT2D eigenvalue weighted by molar-refractivity contribution is 7.91. The van der Waals surface area contributed by atoms with Crippen molar-refractivity contribution in [3.05, 3.63) is 18.5 Å². The highest BCUT2D eigenvalue weighted by Gasteiger charge is 2.29. The normalized spacial score (nSPS) is 25.5. The van der Waals surface area contributed by atoms with Gasteiger partial charge in [-0.3, -0.25) is 4.98 Å². The van der Waals surface area contributed by atoms with Crippen LogP contribution in [0.25, 0.3) is 0 Å². The predicted molar refractivity (Wildman–Crippen MR) is 81.6 cm³/mol. The molecule has 116 valence electrons. The van der Waals surface area contributed by atoms with Gasteiger partial charge in [0.05, 0.1) is 29.6 Å². The molecule has 6 nitrogen and oxygen atoms in total. The zero-order chi connectivity index (χ0) is 14.7. The molecule has 0 radical (unpaired) electrons. The fourth-order valence-electron chi connectivity index (χ4n) is 2.80. The standard InChI is InChI=1S/C14H21N3O3S/c18-21(19)7-2-13(11-21)20-14-8-12(9-16-10-14)17-5-1-3-15-4-6-17/h8-10,13,15H,1-7,11H2. The van der Waals surface area contributed by atoms with E-state index in [1.54, 1.807) is 6.20 Å². The lowest BCUT2D eigenvalue weighted by Crippen LogP contribution is -2.28. The van der Waals surface area contributed by atoms with Crippen molar-refractivity contribution in [1.82, 2.24) is 10.3 Å². The van der Waals surface area contributed by atoms with Crippen molar-refractivity contribution < 1.29 is 13.2 Å².